The van der Waals surface area contributed by atoms with Crippen LogP contribution in [0.15, 0.2) is 48.7 Å². The predicted octanol–water partition coefficient (Wildman–Crippen LogP) is 3.54. The third kappa shape index (κ3) is 5.42. The van der Waals surface area contributed by atoms with E-state index in [-0.39, 0.29) is 5.75 Å². The predicted molar refractivity (Wildman–Crippen MR) is 157 cm³/mol. The number of piperidine rings is 1. The molecule has 0 amide bonds. The minimum absolute atomic E-state index is 0.180. The highest BCUT2D eigenvalue weighted by molar-refractivity contribution is 5.74. The largest absolute Gasteiger partial charge is 0.507 e. The maximum atomic E-state index is 10.3. The van der Waals surface area contributed by atoms with Crippen molar-refractivity contribution in [3.63, 3.8) is 0 Å². The molecule has 2 aromatic heterocycles. The first kappa shape index (κ1) is 26.4. The number of phenols is 1. The van der Waals surface area contributed by atoms with Gasteiger partial charge in [-0.25, -0.2) is 4.98 Å². The van der Waals surface area contributed by atoms with Crippen molar-refractivity contribution in [3.8, 4) is 28.8 Å². The summed E-state index contributed by atoms with van der Waals surface area (Å²) in [4.78, 5) is 11.9. The van der Waals surface area contributed by atoms with Crippen molar-refractivity contribution in [1.29, 1.82) is 0 Å². The molecule has 3 aliphatic rings. The SMILES string of the molecule is COCC1CCCCN1CC#Cc1cc(N2C3CCC2CN(c2cc(-c4ccccc4O)nnc2N)C3)ccn1. The Balaban J connectivity index is 1.16. The summed E-state index contributed by atoms with van der Waals surface area (Å²) in [5.74, 6) is 7.28. The number of nitrogens with two attached hydrogens (primary N) is 1. The van der Waals surface area contributed by atoms with E-state index in [4.69, 9.17) is 10.5 Å². The fourth-order valence-electron chi connectivity index (χ4n) is 6.52. The molecule has 1 aromatic carbocycles. The van der Waals surface area contributed by atoms with Gasteiger partial charge in [-0.15, -0.1) is 10.2 Å². The summed E-state index contributed by atoms with van der Waals surface area (Å²) in [6, 6.07) is 14.5. The summed E-state index contributed by atoms with van der Waals surface area (Å²) in [6.45, 7) is 4.27. The second kappa shape index (κ2) is 11.7. The van der Waals surface area contributed by atoms with Crippen LogP contribution in [0.3, 0.4) is 0 Å². The first-order valence-corrected chi connectivity index (χ1v) is 14.2. The van der Waals surface area contributed by atoms with Crippen LogP contribution in [0.25, 0.3) is 11.3 Å². The molecule has 5 heterocycles. The molecular formula is C31H37N7O2. The van der Waals surface area contributed by atoms with Gasteiger partial charge in [0.05, 0.1) is 24.5 Å². The number of rotatable bonds is 6. The molecule has 208 valence electrons. The number of anilines is 3. The molecule has 2 bridgehead atoms. The van der Waals surface area contributed by atoms with Gasteiger partial charge in [-0.2, -0.15) is 0 Å². The van der Waals surface area contributed by atoms with E-state index in [0.29, 0.717) is 35.2 Å². The topological polar surface area (TPSA) is 104 Å². The van der Waals surface area contributed by atoms with Crippen LogP contribution in [-0.2, 0) is 4.74 Å². The van der Waals surface area contributed by atoms with E-state index in [1.807, 2.05) is 24.4 Å². The van der Waals surface area contributed by atoms with Crippen LogP contribution >= 0.6 is 0 Å². The second-order valence-electron chi connectivity index (χ2n) is 11.0. The number of piperazine rings is 1. The summed E-state index contributed by atoms with van der Waals surface area (Å²) in [5.41, 5.74) is 10.4. The molecule has 0 radical (unpaired) electrons. The Morgan fingerprint density at radius 1 is 1.05 bits per heavy atom. The molecule has 3 aliphatic heterocycles. The lowest BCUT2D eigenvalue weighted by Crippen LogP contribution is -2.54. The Bertz CT molecular complexity index is 1390. The van der Waals surface area contributed by atoms with Crippen LogP contribution in [0.5, 0.6) is 5.75 Å². The number of hydrogen-bond donors (Lipinski definition) is 2. The minimum Gasteiger partial charge on any atom is -0.507 e. The molecule has 3 N–H and O–H groups in total. The number of likely N-dealkylation sites (tertiary alicyclic amines) is 1. The normalized spacial score (nSPS) is 22.7. The zero-order valence-corrected chi connectivity index (χ0v) is 23.0. The molecule has 6 rings (SSSR count). The lowest BCUT2D eigenvalue weighted by Gasteiger charge is -2.43. The summed E-state index contributed by atoms with van der Waals surface area (Å²) in [7, 11) is 1.78. The van der Waals surface area contributed by atoms with Crippen LogP contribution in [0, 0.1) is 11.8 Å². The highest BCUT2D eigenvalue weighted by Gasteiger charge is 2.40. The first-order chi connectivity index (χ1) is 19.6. The lowest BCUT2D eigenvalue weighted by atomic mass is 10.0. The standard InChI is InChI=1S/C31H37N7O2/c1-40-21-26-8-4-5-15-36(26)16-6-7-22-17-23(13-14-33-22)38-24-11-12-25(38)20-37(19-24)29-18-28(34-35-31(29)32)27-9-2-3-10-30(27)39/h2-3,9-10,13-14,17-18,24-26,39H,4-5,8,11-12,15-16,19-21H2,1H3,(H2,32,35). The number of pyridine rings is 1. The third-order valence-electron chi connectivity index (χ3n) is 8.45. The van der Waals surface area contributed by atoms with E-state index in [1.165, 1.54) is 24.9 Å². The fourth-order valence-corrected chi connectivity index (χ4v) is 6.52. The van der Waals surface area contributed by atoms with Gasteiger partial charge < -0.3 is 25.4 Å². The number of aromatic nitrogens is 3. The number of hydrogen-bond acceptors (Lipinski definition) is 9. The summed E-state index contributed by atoms with van der Waals surface area (Å²) in [6.07, 6.45) is 7.77. The molecule has 0 aliphatic carbocycles. The number of methoxy groups -OCH3 is 1. The van der Waals surface area contributed by atoms with Crippen molar-refractivity contribution in [2.75, 3.05) is 55.4 Å². The third-order valence-corrected chi connectivity index (χ3v) is 8.45. The van der Waals surface area contributed by atoms with E-state index in [2.05, 4.69) is 53.9 Å². The van der Waals surface area contributed by atoms with Gasteiger partial charge in [0.15, 0.2) is 5.82 Å². The molecule has 3 saturated heterocycles. The van der Waals surface area contributed by atoms with E-state index in [0.717, 1.165) is 57.0 Å². The smallest absolute Gasteiger partial charge is 0.169 e. The number of nitrogen functional groups attached to an aromatic ring is 1. The average molecular weight is 540 g/mol. The van der Waals surface area contributed by atoms with Crippen LogP contribution in [0.4, 0.5) is 17.2 Å². The Morgan fingerprint density at radius 2 is 1.88 bits per heavy atom. The monoisotopic (exact) mass is 539 g/mol. The summed E-state index contributed by atoms with van der Waals surface area (Å²) < 4.78 is 5.42. The van der Waals surface area contributed by atoms with Crippen molar-refractivity contribution in [2.45, 2.75) is 50.2 Å². The Kier molecular flexibility index (Phi) is 7.71. The Hall–Kier alpha value is -3.87. The van der Waals surface area contributed by atoms with Gasteiger partial charge >= 0.3 is 0 Å². The minimum atomic E-state index is 0.180. The Labute approximate surface area is 236 Å². The number of nitrogens with zero attached hydrogens (tertiary/aromatic N) is 6. The van der Waals surface area contributed by atoms with Crippen molar-refractivity contribution in [2.24, 2.45) is 0 Å². The van der Waals surface area contributed by atoms with Crippen molar-refractivity contribution in [3.05, 3.63) is 54.4 Å². The number of benzene rings is 1. The molecule has 3 fully saturated rings. The highest BCUT2D eigenvalue weighted by atomic mass is 16.5. The zero-order chi connectivity index (χ0) is 27.5. The summed E-state index contributed by atoms with van der Waals surface area (Å²) >= 11 is 0. The maximum Gasteiger partial charge on any atom is 0.169 e. The maximum absolute atomic E-state index is 10.3. The Morgan fingerprint density at radius 3 is 2.67 bits per heavy atom. The van der Waals surface area contributed by atoms with Crippen LogP contribution in [0.1, 0.15) is 37.8 Å². The van der Waals surface area contributed by atoms with E-state index in [9.17, 15) is 5.11 Å². The molecule has 9 heteroatoms. The number of fused-ring (bicyclic) bond motifs is 2. The van der Waals surface area contributed by atoms with Crippen LogP contribution < -0.4 is 15.5 Å². The zero-order valence-electron chi connectivity index (χ0n) is 23.0. The molecular weight excluding hydrogens is 502 g/mol. The quantitative estimate of drug-likeness (QED) is 0.455. The molecule has 0 saturated carbocycles. The second-order valence-corrected chi connectivity index (χ2v) is 11.0. The first-order valence-electron chi connectivity index (χ1n) is 14.2. The highest BCUT2D eigenvalue weighted by Crippen LogP contribution is 2.39. The van der Waals surface area contributed by atoms with Gasteiger partial charge in [-0.05, 0) is 68.5 Å². The molecule has 0 spiro atoms. The van der Waals surface area contributed by atoms with Gasteiger partial charge in [0, 0.05) is 55.8 Å². The van der Waals surface area contributed by atoms with E-state index >= 15 is 0 Å². The van der Waals surface area contributed by atoms with Crippen molar-refractivity contribution in [1.82, 2.24) is 20.1 Å². The molecule has 3 unspecified atom stereocenters. The van der Waals surface area contributed by atoms with E-state index < -0.39 is 0 Å². The fraction of sp³-hybridized carbons (Fsp3) is 0.452. The van der Waals surface area contributed by atoms with Gasteiger partial charge in [-0.1, -0.05) is 24.5 Å². The van der Waals surface area contributed by atoms with Crippen molar-refractivity contribution < 1.29 is 9.84 Å². The van der Waals surface area contributed by atoms with Gasteiger partial charge in [0.1, 0.15) is 11.4 Å². The van der Waals surface area contributed by atoms with Gasteiger partial charge in [-0.3, -0.25) is 4.90 Å². The molecule has 40 heavy (non-hydrogen) atoms. The molecule has 3 atom stereocenters. The average Bonchev–Trinajstić information content (AvgIpc) is 3.24. The summed E-state index contributed by atoms with van der Waals surface area (Å²) in [5, 5.41) is 18.8. The van der Waals surface area contributed by atoms with Crippen LogP contribution in [-0.4, -0.2) is 83.2 Å². The molecule has 9 nitrogen and oxygen atoms in total. The molecule has 3 aromatic rings. The lowest BCUT2D eigenvalue weighted by molar-refractivity contribution is 0.0742. The number of phenolic OH excluding ortho intramolecular Hbond substituents is 1. The number of para-hydroxylation sites is 1. The van der Waals surface area contributed by atoms with Gasteiger partial charge in [0.2, 0.25) is 0 Å². The van der Waals surface area contributed by atoms with Crippen molar-refractivity contribution >= 4 is 17.2 Å². The number of ether oxygens (including phenoxy) is 1. The van der Waals surface area contributed by atoms with Gasteiger partial charge in [0.25, 0.3) is 0 Å². The van der Waals surface area contributed by atoms with Crippen LogP contribution in [0.2, 0.25) is 0 Å². The number of aromatic hydroxyl groups is 1. The van der Waals surface area contributed by atoms with E-state index in [1.54, 1.807) is 19.2 Å².